The lowest BCUT2D eigenvalue weighted by Crippen LogP contribution is -2.22. The fraction of sp³-hybridized carbons (Fsp3) is 0.364. The Kier molecular flexibility index (Phi) is 7.93. The third kappa shape index (κ3) is 6.93. The Balaban J connectivity index is 1.70. The molecule has 0 saturated carbocycles. The van der Waals surface area contributed by atoms with Crippen LogP contribution in [-0.2, 0) is 19.7 Å². The van der Waals surface area contributed by atoms with Gasteiger partial charge in [0.05, 0.1) is 18.7 Å². The zero-order valence-electron chi connectivity index (χ0n) is 16.8. The summed E-state index contributed by atoms with van der Waals surface area (Å²) in [6.45, 7) is 6.32. The number of amides is 1. The Morgan fingerprint density at radius 1 is 1.04 bits per heavy atom. The Labute approximate surface area is 170 Å². The van der Waals surface area contributed by atoms with Crippen molar-refractivity contribution >= 4 is 29.3 Å². The first-order valence-electron chi connectivity index (χ1n) is 9.11. The van der Waals surface area contributed by atoms with Crippen LogP contribution < -0.4 is 10.1 Å². The molecule has 0 atom stereocenters. The molecule has 0 spiro atoms. The van der Waals surface area contributed by atoms with Gasteiger partial charge in [-0.25, -0.2) is 0 Å². The van der Waals surface area contributed by atoms with Crippen LogP contribution in [0.3, 0.4) is 0 Å². The molecule has 1 amide bonds. The summed E-state index contributed by atoms with van der Waals surface area (Å²) in [5.41, 5.74) is 2.01. The summed E-state index contributed by atoms with van der Waals surface area (Å²) in [4.78, 5) is 24.7. The summed E-state index contributed by atoms with van der Waals surface area (Å²) < 4.78 is 10.6. The molecule has 6 heteroatoms. The van der Waals surface area contributed by atoms with Gasteiger partial charge in [0, 0.05) is 4.90 Å². The summed E-state index contributed by atoms with van der Waals surface area (Å²) in [6.07, 6.45) is 2.01. The van der Waals surface area contributed by atoms with Crippen molar-refractivity contribution in [1.29, 1.82) is 0 Å². The summed E-state index contributed by atoms with van der Waals surface area (Å²) in [5.74, 6) is -0.139. The first-order valence-corrected chi connectivity index (χ1v) is 10.3. The van der Waals surface area contributed by atoms with Crippen molar-refractivity contribution in [2.24, 2.45) is 0 Å². The van der Waals surface area contributed by atoms with Crippen molar-refractivity contribution in [1.82, 2.24) is 0 Å². The van der Waals surface area contributed by atoms with Crippen LogP contribution in [0.25, 0.3) is 0 Å². The number of carbonyl (C=O) groups is 2. The van der Waals surface area contributed by atoms with Crippen molar-refractivity contribution in [3.63, 3.8) is 0 Å². The van der Waals surface area contributed by atoms with E-state index in [4.69, 9.17) is 9.47 Å². The number of ether oxygens (including phenoxy) is 2. The van der Waals surface area contributed by atoms with E-state index < -0.39 is 5.97 Å². The molecule has 0 radical (unpaired) electrons. The van der Waals surface area contributed by atoms with Gasteiger partial charge in [0.2, 0.25) is 0 Å². The van der Waals surface area contributed by atoms with Gasteiger partial charge in [0.15, 0.2) is 6.61 Å². The second-order valence-electron chi connectivity index (χ2n) is 7.28. The molecule has 2 aromatic carbocycles. The Bertz CT molecular complexity index is 797. The van der Waals surface area contributed by atoms with E-state index in [0.717, 1.165) is 4.90 Å². The van der Waals surface area contributed by atoms with Crippen molar-refractivity contribution in [3.8, 4) is 5.75 Å². The second kappa shape index (κ2) is 10.2. The largest absolute Gasteiger partial charge is 0.493 e. The maximum Gasteiger partial charge on any atom is 0.309 e. The third-order valence-corrected chi connectivity index (χ3v) is 4.84. The highest BCUT2D eigenvalue weighted by Gasteiger charge is 2.13. The molecule has 5 nitrogen and oxygen atoms in total. The lowest BCUT2D eigenvalue weighted by Gasteiger charge is -2.19. The molecule has 0 fully saturated rings. The van der Waals surface area contributed by atoms with Crippen LogP contribution in [0.5, 0.6) is 5.75 Å². The van der Waals surface area contributed by atoms with Crippen molar-refractivity contribution in [2.45, 2.75) is 37.5 Å². The molecule has 0 unspecified atom stereocenters. The average molecular weight is 402 g/mol. The molecule has 2 aromatic rings. The molecular weight excluding hydrogens is 374 g/mol. The summed E-state index contributed by atoms with van der Waals surface area (Å²) in [7, 11) is 0. The van der Waals surface area contributed by atoms with Crippen LogP contribution >= 0.6 is 11.8 Å². The minimum atomic E-state index is -0.473. The summed E-state index contributed by atoms with van der Waals surface area (Å²) in [5, 5.41) is 2.75. The van der Waals surface area contributed by atoms with Gasteiger partial charge in [-0.05, 0) is 41.5 Å². The van der Waals surface area contributed by atoms with E-state index >= 15 is 0 Å². The normalized spacial score (nSPS) is 11.0. The first-order chi connectivity index (χ1) is 13.3. The molecule has 150 valence electrons. The maximum absolute atomic E-state index is 12.0. The molecule has 28 heavy (non-hydrogen) atoms. The van der Waals surface area contributed by atoms with Gasteiger partial charge in [0.25, 0.3) is 5.91 Å². The Morgan fingerprint density at radius 2 is 1.71 bits per heavy atom. The molecule has 0 aromatic heterocycles. The third-order valence-electron chi connectivity index (χ3n) is 4.04. The number of rotatable bonds is 8. The van der Waals surface area contributed by atoms with E-state index in [1.165, 1.54) is 17.3 Å². The lowest BCUT2D eigenvalue weighted by molar-refractivity contribution is -0.147. The van der Waals surface area contributed by atoms with Crippen LogP contribution in [0.15, 0.2) is 53.4 Å². The minimum absolute atomic E-state index is 0.0791. The van der Waals surface area contributed by atoms with Gasteiger partial charge in [-0.15, -0.1) is 11.8 Å². The van der Waals surface area contributed by atoms with Crippen molar-refractivity contribution in [2.75, 3.05) is 24.8 Å². The van der Waals surface area contributed by atoms with Crippen molar-refractivity contribution in [3.05, 3.63) is 54.1 Å². The fourth-order valence-electron chi connectivity index (χ4n) is 2.46. The fourth-order valence-corrected chi connectivity index (χ4v) is 3.01. The van der Waals surface area contributed by atoms with Gasteiger partial charge in [-0.1, -0.05) is 45.0 Å². The Morgan fingerprint density at radius 3 is 2.36 bits per heavy atom. The zero-order chi connectivity index (χ0) is 20.6. The number of hydrogen-bond donors (Lipinski definition) is 1. The molecule has 0 saturated heterocycles. The van der Waals surface area contributed by atoms with Gasteiger partial charge < -0.3 is 14.8 Å². The highest BCUT2D eigenvalue weighted by molar-refractivity contribution is 7.98. The van der Waals surface area contributed by atoms with E-state index in [-0.39, 0.29) is 31.0 Å². The van der Waals surface area contributed by atoms with E-state index in [2.05, 4.69) is 26.1 Å². The highest BCUT2D eigenvalue weighted by Crippen LogP contribution is 2.25. The maximum atomic E-state index is 12.0. The molecule has 0 aliphatic heterocycles. The Hall–Kier alpha value is -2.47. The number of hydrogen-bond acceptors (Lipinski definition) is 5. The van der Waals surface area contributed by atoms with Gasteiger partial charge in [-0.3, -0.25) is 9.59 Å². The highest BCUT2D eigenvalue weighted by atomic mass is 32.2. The summed E-state index contributed by atoms with van der Waals surface area (Å²) >= 11 is 1.53. The SMILES string of the molecule is CSc1ccccc1NC(=O)COC(=O)CCOc1ccc(C(C)(C)C)cc1. The number of nitrogens with one attached hydrogen (secondary N) is 1. The number of carbonyl (C=O) groups excluding carboxylic acids is 2. The number of esters is 1. The minimum Gasteiger partial charge on any atom is -0.493 e. The average Bonchev–Trinajstić information content (AvgIpc) is 2.66. The van der Waals surface area contributed by atoms with Crippen molar-refractivity contribution < 1.29 is 19.1 Å². The van der Waals surface area contributed by atoms with E-state index in [1.54, 1.807) is 0 Å². The quantitative estimate of drug-likeness (QED) is 0.515. The monoisotopic (exact) mass is 401 g/mol. The smallest absolute Gasteiger partial charge is 0.309 e. The number of para-hydroxylation sites is 1. The predicted octanol–water partition coefficient (Wildman–Crippen LogP) is 4.66. The number of anilines is 1. The number of thioether (sulfide) groups is 1. The summed E-state index contributed by atoms with van der Waals surface area (Å²) in [6, 6.07) is 15.3. The molecule has 0 aliphatic carbocycles. The topological polar surface area (TPSA) is 64.6 Å². The molecule has 0 bridgehead atoms. The molecule has 2 rings (SSSR count). The second-order valence-corrected chi connectivity index (χ2v) is 8.13. The van der Waals surface area contributed by atoms with Gasteiger partial charge in [-0.2, -0.15) is 0 Å². The van der Waals surface area contributed by atoms with Crippen LogP contribution in [0, 0.1) is 0 Å². The lowest BCUT2D eigenvalue weighted by atomic mass is 9.87. The molecule has 0 heterocycles. The van der Waals surface area contributed by atoms with Crippen LogP contribution in [-0.4, -0.2) is 31.3 Å². The van der Waals surface area contributed by atoms with Crippen LogP contribution in [0.2, 0.25) is 0 Å². The molecular formula is C22H27NO4S. The predicted molar refractivity (Wildman–Crippen MR) is 113 cm³/mol. The van der Waals surface area contributed by atoms with Crippen LogP contribution in [0.1, 0.15) is 32.8 Å². The van der Waals surface area contributed by atoms with Crippen LogP contribution in [0.4, 0.5) is 5.69 Å². The van der Waals surface area contributed by atoms with E-state index in [1.807, 2.05) is 54.8 Å². The molecule has 1 N–H and O–H groups in total. The van der Waals surface area contributed by atoms with Gasteiger partial charge >= 0.3 is 5.97 Å². The zero-order valence-corrected chi connectivity index (χ0v) is 17.6. The van der Waals surface area contributed by atoms with Gasteiger partial charge in [0.1, 0.15) is 5.75 Å². The standard InChI is InChI=1S/C22H27NO4S/c1-22(2,3)16-9-11-17(12-10-16)26-14-13-21(25)27-15-20(24)23-18-7-5-6-8-19(18)28-4/h5-12H,13-15H2,1-4H3,(H,23,24). The molecule has 0 aliphatic rings. The first kappa shape index (κ1) is 21.8. The van der Waals surface area contributed by atoms with E-state index in [0.29, 0.717) is 11.4 Å². The van der Waals surface area contributed by atoms with E-state index in [9.17, 15) is 9.59 Å². The number of benzene rings is 2.